The summed E-state index contributed by atoms with van der Waals surface area (Å²) in [5.41, 5.74) is 5.72. The van der Waals surface area contributed by atoms with Gasteiger partial charge in [0.2, 0.25) is 0 Å². The average molecular weight is 207 g/mol. The van der Waals surface area contributed by atoms with Crippen molar-refractivity contribution in [2.45, 2.75) is 24.9 Å². The highest BCUT2D eigenvalue weighted by Crippen LogP contribution is 2.41. The SMILES string of the molecule is NCCOc1cccc(C2(O)CCC2)c1. The molecular formula is C12H17NO2. The molecule has 0 aromatic heterocycles. The third-order valence-electron chi connectivity index (χ3n) is 2.94. The van der Waals surface area contributed by atoms with E-state index >= 15 is 0 Å². The fraction of sp³-hybridized carbons (Fsp3) is 0.500. The maximum Gasteiger partial charge on any atom is 0.119 e. The van der Waals surface area contributed by atoms with Crippen LogP contribution in [0.15, 0.2) is 24.3 Å². The molecule has 15 heavy (non-hydrogen) atoms. The summed E-state index contributed by atoms with van der Waals surface area (Å²) in [5, 5.41) is 10.2. The van der Waals surface area contributed by atoms with Gasteiger partial charge >= 0.3 is 0 Å². The highest BCUT2D eigenvalue weighted by molar-refractivity contribution is 5.33. The summed E-state index contributed by atoms with van der Waals surface area (Å²) in [6.45, 7) is 1.02. The monoisotopic (exact) mass is 207 g/mol. The zero-order chi connectivity index (χ0) is 10.7. The van der Waals surface area contributed by atoms with Crippen LogP contribution in [0.25, 0.3) is 0 Å². The van der Waals surface area contributed by atoms with Gasteiger partial charge in [-0.1, -0.05) is 12.1 Å². The Morgan fingerprint density at radius 1 is 1.40 bits per heavy atom. The second-order valence-electron chi connectivity index (χ2n) is 4.05. The Morgan fingerprint density at radius 3 is 2.80 bits per heavy atom. The highest BCUT2D eigenvalue weighted by Gasteiger charge is 2.36. The predicted octanol–water partition coefficient (Wildman–Crippen LogP) is 1.40. The molecule has 2 rings (SSSR count). The van der Waals surface area contributed by atoms with E-state index in [4.69, 9.17) is 10.5 Å². The number of ether oxygens (including phenoxy) is 1. The van der Waals surface area contributed by atoms with Crippen LogP contribution >= 0.6 is 0 Å². The lowest BCUT2D eigenvalue weighted by atomic mass is 9.75. The van der Waals surface area contributed by atoms with Gasteiger partial charge in [-0.25, -0.2) is 0 Å². The van der Waals surface area contributed by atoms with Gasteiger partial charge in [0.1, 0.15) is 12.4 Å². The molecule has 82 valence electrons. The van der Waals surface area contributed by atoms with Gasteiger partial charge in [0.15, 0.2) is 0 Å². The Labute approximate surface area is 89.9 Å². The molecule has 1 fully saturated rings. The molecule has 0 aliphatic heterocycles. The topological polar surface area (TPSA) is 55.5 Å². The molecular weight excluding hydrogens is 190 g/mol. The summed E-state index contributed by atoms with van der Waals surface area (Å²) in [5.74, 6) is 0.790. The molecule has 3 heteroatoms. The second kappa shape index (κ2) is 4.21. The Balaban J connectivity index is 2.11. The van der Waals surface area contributed by atoms with Crippen LogP contribution in [0.4, 0.5) is 0 Å². The molecule has 1 saturated carbocycles. The van der Waals surface area contributed by atoms with E-state index in [2.05, 4.69) is 0 Å². The maximum absolute atomic E-state index is 10.2. The van der Waals surface area contributed by atoms with E-state index in [1.54, 1.807) is 0 Å². The molecule has 1 aliphatic rings. The molecule has 0 spiro atoms. The lowest BCUT2D eigenvalue weighted by molar-refractivity contribution is -0.0389. The van der Waals surface area contributed by atoms with Crippen LogP contribution in [0.3, 0.4) is 0 Å². The quantitative estimate of drug-likeness (QED) is 0.784. The van der Waals surface area contributed by atoms with Crippen molar-refractivity contribution in [3.63, 3.8) is 0 Å². The van der Waals surface area contributed by atoms with Crippen LogP contribution in [-0.2, 0) is 5.60 Å². The van der Waals surface area contributed by atoms with Crippen molar-refractivity contribution < 1.29 is 9.84 Å². The smallest absolute Gasteiger partial charge is 0.119 e. The molecule has 0 heterocycles. The zero-order valence-electron chi connectivity index (χ0n) is 8.78. The summed E-state index contributed by atoms with van der Waals surface area (Å²) < 4.78 is 5.42. The Hall–Kier alpha value is -1.06. The molecule has 1 aromatic carbocycles. The second-order valence-corrected chi connectivity index (χ2v) is 4.05. The van der Waals surface area contributed by atoms with Crippen LogP contribution in [0.1, 0.15) is 24.8 Å². The lowest BCUT2D eigenvalue weighted by Gasteiger charge is -2.37. The normalized spacial score (nSPS) is 18.3. The third kappa shape index (κ3) is 2.13. The van der Waals surface area contributed by atoms with Crippen LogP contribution < -0.4 is 10.5 Å². The molecule has 1 aliphatic carbocycles. The largest absolute Gasteiger partial charge is 0.492 e. The number of nitrogens with two attached hydrogens (primary N) is 1. The van der Waals surface area contributed by atoms with Crippen molar-refractivity contribution in [1.29, 1.82) is 0 Å². The molecule has 1 aromatic rings. The van der Waals surface area contributed by atoms with Gasteiger partial charge in [-0.3, -0.25) is 0 Å². The first-order valence-electron chi connectivity index (χ1n) is 5.40. The van der Waals surface area contributed by atoms with Gasteiger partial charge < -0.3 is 15.6 Å². The van der Waals surface area contributed by atoms with Crippen molar-refractivity contribution in [2.24, 2.45) is 5.73 Å². The number of aliphatic hydroxyl groups is 1. The van der Waals surface area contributed by atoms with Gasteiger partial charge in [0.25, 0.3) is 0 Å². The van der Waals surface area contributed by atoms with Gasteiger partial charge in [-0.2, -0.15) is 0 Å². The Bertz CT molecular complexity index is 334. The predicted molar refractivity (Wildman–Crippen MR) is 58.7 cm³/mol. The number of hydrogen-bond acceptors (Lipinski definition) is 3. The van der Waals surface area contributed by atoms with Crippen molar-refractivity contribution in [3.8, 4) is 5.75 Å². The molecule has 0 saturated heterocycles. The fourth-order valence-corrected chi connectivity index (χ4v) is 1.85. The standard InChI is InChI=1S/C12H17NO2/c13-7-8-15-11-4-1-3-10(9-11)12(14)5-2-6-12/h1,3-4,9,14H,2,5-8,13H2. The molecule has 3 N–H and O–H groups in total. The Kier molecular flexibility index (Phi) is 2.93. The first kappa shape index (κ1) is 10.5. The minimum atomic E-state index is -0.609. The number of benzene rings is 1. The van der Waals surface area contributed by atoms with Crippen molar-refractivity contribution in [1.82, 2.24) is 0 Å². The number of rotatable bonds is 4. The van der Waals surface area contributed by atoms with E-state index in [1.807, 2.05) is 24.3 Å². The maximum atomic E-state index is 10.2. The third-order valence-corrected chi connectivity index (χ3v) is 2.94. The van der Waals surface area contributed by atoms with E-state index in [1.165, 1.54) is 0 Å². The summed E-state index contributed by atoms with van der Waals surface area (Å²) in [7, 11) is 0. The molecule has 0 atom stereocenters. The van der Waals surface area contributed by atoms with Crippen LogP contribution in [0.2, 0.25) is 0 Å². The van der Waals surface area contributed by atoms with Crippen molar-refractivity contribution in [2.75, 3.05) is 13.2 Å². The van der Waals surface area contributed by atoms with E-state index in [-0.39, 0.29) is 0 Å². The molecule has 3 nitrogen and oxygen atoms in total. The first-order chi connectivity index (χ1) is 7.24. The summed E-state index contributed by atoms with van der Waals surface area (Å²) >= 11 is 0. The molecule has 0 radical (unpaired) electrons. The molecule has 0 amide bonds. The summed E-state index contributed by atoms with van der Waals surface area (Å²) in [4.78, 5) is 0. The summed E-state index contributed by atoms with van der Waals surface area (Å²) in [6, 6.07) is 7.67. The number of hydrogen-bond donors (Lipinski definition) is 2. The van der Waals surface area contributed by atoms with Crippen molar-refractivity contribution >= 4 is 0 Å². The summed E-state index contributed by atoms with van der Waals surface area (Å²) in [6.07, 6.45) is 2.81. The lowest BCUT2D eigenvalue weighted by Crippen LogP contribution is -2.33. The Morgan fingerprint density at radius 2 is 2.20 bits per heavy atom. The molecule has 0 unspecified atom stereocenters. The van der Waals surface area contributed by atoms with E-state index in [9.17, 15) is 5.11 Å². The minimum Gasteiger partial charge on any atom is -0.492 e. The van der Waals surface area contributed by atoms with Gasteiger partial charge in [-0.15, -0.1) is 0 Å². The van der Waals surface area contributed by atoms with E-state index in [0.29, 0.717) is 13.2 Å². The van der Waals surface area contributed by atoms with Crippen LogP contribution in [-0.4, -0.2) is 18.3 Å². The highest BCUT2D eigenvalue weighted by atomic mass is 16.5. The van der Waals surface area contributed by atoms with E-state index in [0.717, 1.165) is 30.6 Å². The zero-order valence-corrected chi connectivity index (χ0v) is 8.78. The van der Waals surface area contributed by atoms with Gasteiger partial charge in [0.05, 0.1) is 5.60 Å². The van der Waals surface area contributed by atoms with Crippen LogP contribution in [0.5, 0.6) is 5.75 Å². The minimum absolute atomic E-state index is 0.508. The van der Waals surface area contributed by atoms with Crippen LogP contribution in [0, 0.1) is 0 Å². The molecule has 0 bridgehead atoms. The first-order valence-corrected chi connectivity index (χ1v) is 5.40. The average Bonchev–Trinajstić information content (AvgIpc) is 2.23. The van der Waals surface area contributed by atoms with E-state index < -0.39 is 5.60 Å². The van der Waals surface area contributed by atoms with Gasteiger partial charge in [0, 0.05) is 6.54 Å². The van der Waals surface area contributed by atoms with Gasteiger partial charge in [-0.05, 0) is 37.0 Å². The fourth-order valence-electron chi connectivity index (χ4n) is 1.85. The van der Waals surface area contributed by atoms with Crippen molar-refractivity contribution in [3.05, 3.63) is 29.8 Å².